The van der Waals surface area contributed by atoms with E-state index in [1.807, 2.05) is 30.3 Å². The second-order valence-electron chi connectivity index (χ2n) is 4.68. The molecule has 2 N–H and O–H groups in total. The van der Waals surface area contributed by atoms with Crippen molar-refractivity contribution in [3.8, 4) is 0 Å². The van der Waals surface area contributed by atoms with Gasteiger partial charge in [0.05, 0.1) is 0 Å². The number of H-pyrrole nitrogens is 1. The van der Waals surface area contributed by atoms with Crippen LogP contribution in [0.25, 0.3) is 0 Å². The van der Waals surface area contributed by atoms with Crippen LogP contribution in [-0.2, 0) is 16.1 Å². The minimum absolute atomic E-state index is 0.179. The van der Waals surface area contributed by atoms with Crippen LogP contribution in [0.4, 0.5) is 0 Å². The first-order valence-electron chi connectivity index (χ1n) is 6.73. The summed E-state index contributed by atoms with van der Waals surface area (Å²) >= 11 is 0. The van der Waals surface area contributed by atoms with Crippen molar-refractivity contribution in [2.24, 2.45) is 5.16 Å². The van der Waals surface area contributed by atoms with Gasteiger partial charge in [0.25, 0.3) is 5.91 Å². The Kier molecular flexibility index (Phi) is 3.90. The Morgan fingerprint density at radius 3 is 3.00 bits per heavy atom. The van der Waals surface area contributed by atoms with Gasteiger partial charge in [0.2, 0.25) is 0 Å². The molecule has 1 atom stereocenters. The molecule has 0 saturated heterocycles. The first-order chi connectivity index (χ1) is 10.3. The fourth-order valence-corrected chi connectivity index (χ4v) is 2.11. The van der Waals surface area contributed by atoms with Crippen LogP contribution in [0.1, 0.15) is 23.9 Å². The minimum Gasteiger partial charge on any atom is -0.387 e. The predicted molar refractivity (Wildman–Crippen MR) is 75.4 cm³/mol. The molecule has 2 heterocycles. The molecule has 1 amide bonds. The number of nitrogens with zero attached hydrogens (tertiary/aromatic N) is 3. The summed E-state index contributed by atoms with van der Waals surface area (Å²) in [5, 5.41) is 13.2. The van der Waals surface area contributed by atoms with Crippen LogP contribution in [-0.4, -0.2) is 33.3 Å². The lowest BCUT2D eigenvalue weighted by molar-refractivity contribution is -0.114. The molecule has 2 aromatic rings. The molecule has 0 spiro atoms. The maximum Gasteiger partial charge on any atom is 0.269 e. The molecule has 1 aliphatic rings. The van der Waals surface area contributed by atoms with Gasteiger partial charge in [0.1, 0.15) is 17.9 Å². The molecular weight excluding hydrogens is 270 g/mol. The number of benzene rings is 1. The summed E-state index contributed by atoms with van der Waals surface area (Å²) < 4.78 is 0. The normalized spacial score (nSPS) is 17.1. The van der Waals surface area contributed by atoms with Crippen molar-refractivity contribution < 1.29 is 9.63 Å². The van der Waals surface area contributed by atoms with Crippen LogP contribution in [0.15, 0.2) is 41.8 Å². The second kappa shape index (κ2) is 6.17. The number of oxime groups is 1. The smallest absolute Gasteiger partial charge is 0.269 e. The third-order valence-corrected chi connectivity index (χ3v) is 3.21. The van der Waals surface area contributed by atoms with Gasteiger partial charge in [-0.25, -0.2) is 4.98 Å². The fourth-order valence-electron chi connectivity index (χ4n) is 2.11. The SMILES string of the molecule is O=C(NCCc1ncn[nH]1)C1=NOC(c2ccccc2)C1. The summed E-state index contributed by atoms with van der Waals surface area (Å²) in [6.45, 7) is 0.475. The number of carbonyl (C=O) groups excluding carboxylic acids is 1. The van der Waals surface area contributed by atoms with Crippen molar-refractivity contribution in [3.63, 3.8) is 0 Å². The Bertz CT molecular complexity index is 624. The third-order valence-electron chi connectivity index (χ3n) is 3.21. The number of carbonyl (C=O) groups is 1. The van der Waals surface area contributed by atoms with E-state index in [-0.39, 0.29) is 12.0 Å². The summed E-state index contributed by atoms with van der Waals surface area (Å²) in [6.07, 6.45) is 2.35. The largest absolute Gasteiger partial charge is 0.387 e. The van der Waals surface area contributed by atoms with Gasteiger partial charge in [-0.2, -0.15) is 5.10 Å². The number of hydrogen-bond acceptors (Lipinski definition) is 5. The minimum atomic E-state index is -0.201. The van der Waals surface area contributed by atoms with Crippen LogP contribution in [0, 0.1) is 0 Å². The monoisotopic (exact) mass is 285 g/mol. The van der Waals surface area contributed by atoms with Gasteiger partial charge in [-0.1, -0.05) is 35.5 Å². The highest BCUT2D eigenvalue weighted by Crippen LogP contribution is 2.26. The maximum absolute atomic E-state index is 12.0. The first-order valence-corrected chi connectivity index (χ1v) is 6.73. The van der Waals surface area contributed by atoms with Crippen LogP contribution in [0.3, 0.4) is 0 Å². The number of hydrogen-bond donors (Lipinski definition) is 2. The highest BCUT2D eigenvalue weighted by molar-refractivity contribution is 6.39. The van der Waals surface area contributed by atoms with E-state index in [0.29, 0.717) is 25.1 Å². The van der Waals surface area contributed by atoms with Crippen molar-refractivity contribution >= 4 is 11.6 Å². The van der Waals surface area contributed by atoms with Crippen LogP contribution >= 0.6 is 0 Å². The van der Waals surface area contributed by atoms with Gasteiger partial charge in [-0.15, -0.1) is 0 Å². The molecule has 7 nitrogen and oxygen atoms in total. The zero-order valence-corrected chi connectivity index (χ0v) is 11.3. The second-order valence-corrected chi connectivity index (χ2v) is 4.68. The molecule has 3 rings (SSSR count). The van der Waals surface area contributed by atoms with Crippen molar-refractivity contribution in [1.82, 2.24) is 20.5 Å². The topological polar surface area (TPSA) is 92.3 Å². The van der Waals surface area contributed by atoms with E-state index in [1.54, 1.807) is 0 Å². The Hall–Kier alpha value is -2.70. The highest BCUT2D eigenvalue weighted by atomic mass is 16.6. The quantitative estimate of drug-likeness (QED) is 0.856. The summed E-state index contributed by atoms with van der Waals surface area (Å²) in [5.41, 5.74) is 1.44. The summed E-state index contributed by atoms with van der Waals surface area (Å²) in [6, 6.07) is 9.74. The Morgan fingerprint density at radius 2 is 2.24 bits per heavy atom. The average Bonchev–Trinajstić information content (AvgIpc) is 3.20. The lowest BCUT2D eigenvalue weighted by atomic mass is 10.0. The standard InChI is InChI=1S/C14H15N5O2/c20-14(15-7-6-13-16-9-17-18-13)11-8-12(21-19-11)10-4-2-1-3-5-10/h1-5,9,12H,6-8H2,(H,15,20)(H,16,17,18). The van der Waals surface area contributed by atoms with Crippen molar-refractivity contribution in [1.29, 1.82) is 0 Å². The molecule has 108 valence electrons. The highest BCUT2D eigenvalue weighted by Gasteiger charge is 2.26. The van der Waals surface area contributed by atoms with Crippen molar-refractivity contribution in [2.45, 2.75) is 18.9 Å². The molecule has 0 fully saturated rings. The average molecular weight is 285 g/mol. The first kappa shape index (κ1) is 13.3. The number of rotatable bonds is 5. The predicted octanol–water partition coefficient (Wildman–Crippen LogP) is 0.981. The van der Waals surface area contributed by atoms with Crippen LogP contribution in [0.5, 0.6) is 0 Å². The number of aromatic amines is 1. The molecule has 0 aliphatic carbocycles. The molecule has 0 radical (unpaired) electrons. The summed E-state index contributed by atoms with van der Waals surface area (Å²) in [4.78, 5) is 21.3. The van der Waals surface area contributed by atoms with Gasteiger partial charge in [0.15, 0.2) is 6.10 Å². The number of aromatic nitrogens is 3. The van der Waals surface area contributed by atoms with E-state index in [0.717, 1.165) is 11.4 Å². The summed E-state index contributed by atoms with van der Waals surface area (Å²) in [7, 11) is 0. The number of nitrogens with one attached hydrogen (secondary N) is 2. The van der Waals surface area contributed by atoms with Gasteiger partial charge < -0.3 is 10.2 Å². The van der Waals surface area contributed by atoms with Crippen molar-refractivity contribution in [3.05, 3.63) is 48.0 Å². The van der Waals surface area contributed by atoms with E-state index in [2.05, 4.69) is 25.7 Å². The molecule has 1 aliphatic heterocycles. The molecule has 1 aromatic carbocycles. The molecule has 21 heavy (non-hydrogen) atoms. The molecule has 7 heteroatoms. The van der Waals surface area contributed by atoms with Crippen LogP contribution < -0.4 is 5.32 Å². The molecule has 1 unspecified atom stereocenters. The van der Waals surface area contributed by atoms with Crippen LogP contribution in [0.2, 0.25) is 0 Å². The lowest BCUT2D eigenvalue weighted by Crippen LogP contribution is -2.32. The zero-order chi connectivity index (χ0) is 14.5. The third kappa shape index (κ3) is 3.25. The fraction of sp³-hybridized carbons (Fsp3) is 0.286. The number of amides is 1. The Labute approximate surface area is 121 Å². The molecule has 0 saturated carbocycles. The van der Waals surface area contributed by atoms with E-state index >= 15 is 0 Å². The van der Waals surface area contributed by atoms with Gasteiger partial charge >= 0.3 is 0 Å². The molecule has 0 bridgehead atoms. The maximum atomic E-state index is 12.0. The zero-order valence-electron chi connectivity index (χ0n) is 11.3. The van der Waals surface area contributed by atoms with Gasteiger partial charge in [-0.3, -0.25) is 9.89 Å². The van der Waals surface area contributed by atoms with Crippen molar-refractivity contribution in [2.75, 3.05) is 6.54 Å². The molecule has 1 aromatic heterocycles. The Morgan fingerprint density at radius 1 is 1.38 bits per heavy atom. The van der Waals surface area contributed by atoms with Gasteiger partial charge in [0, 0.05) is 19.4 Å². The summed E-state index contributed by atoms with van der Waals surface area (Å²) in [5.74, 6) is 0.537. The van der Waals surface area contributed by atoms with E-state index in [9.17, 15) is 4.79 Å². The Balaban J connectivity index is 1.48. The van der Waals surface area contributed by atoms with Gasteiger partial charge in [-0.05, 0) is 5.56 Å². The van der Waals surface area contributed by atoms with E-state index in [1.165, 1.54) is 6.33 Å². The van der Waals surface area contributed by atoms with E-state index in [4.69, 9.17) is 4.84 Å². The van der Waals surface area contributed by atoms with E-state index < -0.39 is 0 Å². The lowest BCUT2D eigenvalue weighted by Gasteiger charge is -2.07. The molecular formula is C14H15N5O2.